The first-order valence-corrected chi connectivity index (χ1v) is 4.68. The molecule has 0 saturated carbocycles. The van der Waals surface area contributed by atoms with E-state index < -0.39 is 6.04 Å². The Hall–Kier alpha value is -1.73. The van der Waals surface area contributed by atoms with Crippen molar-refractivity contribution in [2.45, 2.75) is 25.4 Å². The number of carbonyl (C=O) groups excluding carboxylic acids is 1. The molecular formula is C11H14N2O2. The normalized spacial score (nSPS) is 13.9. The van der Waals surface area contributed by atoms with Gasteiger partial charge in [-0.1, -0.05) is 0 Å². The summed E-state index contributed by atoms with van der Waals surface area (Å²) in [5, 5.41) is 2.71. The van der Waals surface area contributed by atoms with Gasteiger partial charge in [0.2, 0.25) is 5.91 Å². The number of nitrogens with two attached hydrogens (primary N) is 1. The third-order valence-electron chi connectivity index (χ3n) is 2.00. The van der Waals surface area contributed by atoms with Gasteiger partial charge in [0.15, 0.2) is 0 Å². The Morgan fingerprint density at radius 1 is 1.80 bits per heavy atom. The molecule has 0 bridgehead atoms. The van der Waals surface area contributed by atoms with Gasteiger partial charge in [-0.3, -0.25) is 4.79 Å². The van der Waals surface area contributed by atoms with Gasteiger partial charge in [-0.2, -0.15) is 0 Å². The van der Waals surface area contributed by atoms with E-state index in [4.69, 9.17) is 16.6 Å². The predicted molar refractivity (Wildman–Crippen MR) is 56.7 cm³/mol. The Morgan fingerprint density at radius 3 is 3.07 bits per heavy atom. The molecule has 2 unspecified atom stereocenters. The van der Waals surface area contributed by atoms with Gasteiger partial charge in [-0.05, 0) is 19.1 Å². The highest BCUT2D eigenvalue weighted by Gasteiger charge is 2.16. The molecule has 0 aliphatic heterocycles. The molecule has 0 radical (unpaired) electrons. The van der Waals surface area contributed by atoms with E-state index in [1.807, 2.05) is 6.92 Å². The van der Waals surface area contributed by atoms with E-state index in [1.165, 1.54) is 0 Å². The van der Waals surface area contributed by atoms with Crippen molar-refractivity contribution in [3.05, 3.63) is 24.2 Å². The van der Waals surface area contributed by atoms with Crippen LogP contribution in [-0.4, -0.2) is 11.9 Å². The fraction of sp³-hybridized carbons (Fsp3) is 0.364. The number of terminal acetylenes is 1. The molecule has 2 atom stereocenters. The van der Waals surface area contributed by atoms with Gasteiger partial charge in [-0.25, -0.2) is 0 Å². The van der Waals surface area contributed by atoms with Crippen molar-refractivity contribution < 1.29 is 9.21 Å². The number of carbonyl (C=O) groups is 1. The van der Waals surface area contributed by atoms with Crippen LogP contribution in [0.2, 0.25) is 0 Å². The molecule has 0 spiro atoms. The minimum Gasteiger partial charge on any atom is -0.467 e. The van der Waals surface area contributed by atoms with Crippen molar-refractivity contribution in [2.24, 2.45) is 5.73 Å². The van der Waals surface area contributed by atoms with E-state index in [0.29, 0.717) is 5.76 Å². The van der Waals surface area contributed by atoms with Crippen molar-refractivity contribution in [1.29, 1.82) is 0 Å². The van der Waals surface area contributed by atoms with E-state index >= 15 is 0 Å². The topological polar surface area (TPSA) is 68.3 Å². The molecule has 0 aliphatic carbocycles. The number of hydrogen-bond donors (Lipinski definition) is 2. The second-order valence-corrected chi connectivity index (χ2v) is 3.26. The summed E-state index contributed by atoms with van der Waals surface area (Å²) in [6, 6.07) is 2.69. The van der Waals surface area contributed by atoms with Crippen molar-refractivity contribution >= 4 is 5.91 Å². The molecule has 1 amide bonds. The van der Waals surface area contributed by atoms with Crippen molar-refractivity contribution in [1.82, 2.24) is 5.32 Å². The van der Waals surface area contributed by atoms with Crippen molar-refractivity contribution in [3.8, 4) is 12.3 Å². The molecule has 1 heterocycles. The van der Waals surface area contributed by atoms with Gasteiger partial charge in [0.05, 0.1) is 18.3 Å². The van der Waals surface area contributed by atoms with Crippen molar-refractivity contribution in [2.75, 3.05) is 0 Å². The lowest BCUT2D eigenvalue weighted by atomic mass is 10.2. The van der Waals surface area contributed by atoms with Crippen LogP contribution < -0.4 is 11.1 Å². The van der Waals surface area contributed by atoms with Crippen LogP contribution in [0.5, 0.6) is 0 Å². The van der Waals surface area contributed by atoms with Crippen LogP contribution in [0.15, 0.2) is 22.8 Å². The lowest BCUT2D eigenvalue weighted by Crippen LogP contribution is -2.41. The summed E-state index contributed by atoms with van der Waals surface area (Å²) in [5.41, 5.74) is 5.54. The molecule has 1 rings (SSSR count). The molecule has 0 fully saturated rings. The largest absolute Gasteiger partial charge is 0.467 e. The first-order chi connectivity index (χ1) is 7.15. The molecule has 0 aromatic carbocycles. The first-order valence-electron chi connectivity index (χ1n) is 4.68. The van der Waals surface area contributed by atoms with E-state index in [9.17, 15) is 4.79 Å². The smallest absolute Gasteiger partial charge is 0.238 e. The highest BCUT2D eigenvalue weighted by Crippen LogP contribution is 2.12. The monoisotopic (exact) mass is 206 g/mol. The maximum Gasteiger partial charge on any atom is 0.238 e. The second-order valence-electron chi connectivity index (χ2n) is 3.26. The Balaban J connectivity index is 2.49. The molecule has 0 saturated heterocycles. The zero-order chi connectivity index (χ0) is 11.3. The van der Waals surface area contributed by atoms with Gasteiger partial charge in [-0.15, -0.1) is 12.3 Å². The Bertz CT molecular complexity index is 351. The van der Waals surface area contributed by atoms with Crippen LogP contribution in [0.1, 0.15) is 25.1 Å². The number of furan rings is 1. The minimum atomic E-state index is -0.660. The molecule has 0 aliphatic rings. The fourth-order valence-electron chi connectivity index (χ4n) is 1.15. The molecule has 1 aromatic heterocycles. The molecular weight excluding hydrogens is 192 g/mol. The third kappa shape index (κ3) is 3.15. The van der Waals surface area contributed by atoms with Gasteiger partial charge >= 0.3 is 0 Å². The molecule has 1 aromatic rings. The lowest BCUT2D eigenvalue weighted by Gasteiger charge is -2.14. The first kappa shape index (κ1) is 11.3. The fourth-order valence-corrected chi connectivity index (χ4v) is 1.15. The highest BCUT2D eigenvalue weighted by atomic mass is 16.3. The summed E-state index contributed by atoms with van der Waals surface area (Å²) in [4.78, 5) is 11.5. The minimum absolute atomic E-state index is 0.198. The van der Waals surface area contributed by atoms with Crippen LogP contribution >= 0.6 is 0 Å². The summed E-state index contributed by atoms with van der Waals surface area (Å²) in [6.07, 6.45) is 6.85. The SMILES string of the molecule is C#CCC(N)C(=O)NC(C)c1ccco1. The Labute approximate surface area is 88.8 Å². The van der Waals surface area contributed by atoms with Gasteiger partial charge in [0.1, 0.15) is 5.76 Å². The predicted octanol–water partition coefficient (Wildman–Crippen LogP) is 0.807. The summed E-state index contributed by atoms with van der Waals surface area (Å²) in [5.74, 6) is 2.77. The van der Waals surface area contributed by atoms with Crippen LogP contribution in [-0.2, 0) is 4.79 Å². The molecule has 15 heavy (non-hydrogen) atoms. The van der Waals surface area contributed by atoms with Crippen LogP contribution in [0.25, 0.3) is 0 Å². The number of nitrogens with one attached hydrogen (secondary N) is 1. The lowest BCUT2D eigenvalue weighted by molar-refractivity contribution is -0.123. The summed E-state index contributed by atoms with van der Waals surface area (Å²) in [6.45, 7) is 1.82. The van der Waals surface area contributed by atoms with E-state index in [2.05, 4.69) is 11.2 Å². The van der Waals surface area contributed by atoms with Crippen LogP contribution in [0, 0.1) is 12.3 Å². The highest BCUT2D eigenvalue weighted by molar-refractivity contribution is 5.82. The maximum absolute atomic E-state index is 11.5. The second kappa shape index (κ2) is 5.23. The maximum atomic E-state index is 11.5. The Kier molecular flexibility index (Phi) is 3.95. The number of rotatable bonds is 4. The zero-order valence-corrected chi connectivity index (χ0v) is 8.57. The molecule has 4 heteroatoms. The molecule has 3 N–H and O–H groups in total. The van der Waals surface area contributed by atoms with Gasteiger partial charge < -0.3 is 15.5 Å². The quantitative estimate of drug-likeness (QED) is 0.716. The third-order valence-corrected chi connectivity index (χ3v) is 2.00. The Morgan fingerprint density at radius 2 is 2.53 bits per heavy atom. The van der Waals surface area contributed by atoms with E-state index in [1.54, 1.807) is 18.4 Å². The average Bonchev–Trinajstić information content (AvgIpc) is 2.70. The zero-order valence-electron chi connectivity index (χ0n) is 8.57. The standard InChI is InChI=1S/C11H14N2O2/c1-3-5-9(12)11(14)13-8(2)10-6-4-7-15-10/h1,4,6-9H,5,12H2,2H3,(H,13,14). The van der Waals surface area contributed by atoms with Crippen LogP contribution in [0.4, 0.5) is 0 Å². The number of hydrogen-bond acceptors (Lipinski definition) is 3. The van der Waals surface area contributed by atoms with Gasteiger partial charge in [0, 0.05) is 6.42 Å². The van der Waals surface area contributed by atoms with Crippen molar-refractivity contribution in [3.63, 3.8) is 0 Å². The summed E-state index contributed by atoms with van der Waals surface area (Å²) in [7, 11) is 0. The molecule has 4 nitrogen and oxygen atoms in total. The summed E-state index contributed by atoms with van der Waals surface area (Å²) < 4.78 is 5.14. The molecule has 80 valence electrons. The summed E-state index contributed by atoms with van der Waals surface area (Å²) >= 11 is 0. The number of amides is 1. The van der Waals surface area contributed by atoms with E-state index in [-0.39, 0.29) is 18.4 Å². The van der Waals surface area contributed by atoms with E-state index in [0.717, 1.165) is 0 Å². The van der Waals surface area contributed by atoms with Gasteiger partial charge in [0.25, 0.3) is 0 Å². The van der Waals surface area contributed by atoms with Crippen LogP contribution in [0.3, 0.4) is 0 Å². The average molecular weight is 206 g/mol.